The van der Waals surface area contributed by atoms with Gasteiger partial charge in [-0.1, -0.05) is 12.1 Å². The second kappa shape index (κ2) is 5.83. The summed E-state index contributed by atoms with van der Waals surface area (Å²) >= 11 is 0. The zero-order valence-corrected chi connectivity index (χ0v) is 9.60. The molecule has 84 valence electrons. The molecule has 1 heterocycles. The van der Waals surface area contributed by atoms with Crippen LogP contribution in [0.4, 0.5) is 0 Å². The summed E-state index contributed by atoms with van der Waals surface area (Å²) in [4.78, 5) is 0. The van der Waals surface area contributed by atoms with Crippen LogP contribution in [0.1, 0.15) is 12.0 Å². The smallest absolute Gasteiger partial charge is 0.165 e. The van der Waals surface area contributed by atoms with Gasteiger partial charge in [0.05, 0.1) is 13.7 Å². The first kappa shape index (κ1) is 12.1. The summed E-state index contributed by atoms with van der Waals surface area (Å²) in [5.74, 6) is 1.72. The van der Waals surface area contributed by atoms with Crippen LogP contribution < -0.4 is 14.8 Å². The van der Waals surface area contributed by atoms with Crippen LogP contribution in [0.25, 0.3) is 0 Å². The standard InChI is InChI=1S/C11H15NO2.ClH/c1-13-10-5-2-4-9-8-12-6-3-7-14-11(9)10;/h2,4-5,12H,3,6-8H2,1H3;1H. The van der Waals surface area contributed by atoms with E-state index in [0.29, 0.717) is 0 Å². The molecule has 0 fully saturated rings. The highest BCUT2D eigenvalue weighted by Crippen LogP contribution is 2.31. The van der Waals surface area contributed by atoms with Gasteiger partial charge >= 0.3 is 0 Å². The van der Waals surface area contributed by atoms with Crippen LogP contribution in [0.15, 0.2) is 18.2 Å². The van der Waals surface area contributed by atoms with E-state index in [9.17, 15) is 0 Å². The van der Waals surface area contributed by atoms with E-state index < -0.39 is 0 Å². The average molecular weight is 230 g/mol. The van der Waals surface area contributed by atoms with Crippen molar-refractivity contribution in [3.05, 3.63) is 23.8 Å². The molecule has 0 saturated heterocycles. The lowest BCUT2D eigenvalue weighted by Gasteiger charge is -2.18. The molecule has 1 aromatic rings. The number of rotatable bonds is 1. The van der Waals surface area contributed by atoms with E-state index in [4.69, 9.17) is 9.47 Å². The molecule has 0 atom stereocenters. The number of benzene rings is 1. The molecule has 0 bridgehead atoms. The highest BCUT2D eigenvalue weighted by Gasteiger charge is 2.11. The van der Waals surface area contributed by atoms with Crippen molar-refractivity contribution in [2.75, 3.05) is 20.3 Å². The number of methoxy groups -OCH3 is 1. The molecule has 1 N–H and O–H groups in total. The Morgan fingerprint density at radius 3 is 3.07 bits per heavy atom. The quantitative estimate of drug-likeness (QED) is 0.799. The summed E-state index contributed by atoms with van der Waals surface area (Å²) in [5.41, 5.74) is 1.17. The fraction of sp³-hybridized carbons (Fsp3) is 0.455. The van der Waals surface area contributed by atoms with Gasteiger partial charge in [-0.05, 0) is 19.0 Å². The molecule has 2 rings (SSSR count). The minimum atomic E-state index is 0. The monoisotopic (exact) mass is 229 g/mol. The van der Waals surface area contributed by atoms with Gasteiger partial charge in [0, 0.05) is 12.1 Å². The van der Waals surface area contributed by atoms with Gasteiger partial charge in [-0.3, -0.25) is 0 Å². The topological polar surface area (TPSA) is 30.5 Å². The van der Waals surface area contributed by atoms with E-state index in [1.165, 1.54) is 5.56 Å². The Bertz CT molecular complexity index is 317. The molecule has 0 saturated carbocycles. The maximum Gasteiger partial charge on any atom is 0.165 e. The zero-order valence-electron chi connectivity index (χ0n) is 8.79. The van der Waals surface area contributed by atoms with E-state index in [2.05, 4.69) is 11.4 Å². The van der Waals surface area contributed by atoms with Gasteiger partial charge in [-0.2, -0.15) is 0 Å². The van der Waals surface area contributed by atoms with Crippen molar-refractivity contribution in [1.82, 2.24) is 5.32 Å². The van der Waals surface area contributed by atoms with Gasteiger partial charge in [0.25, 0.3) is 0 Å². The Morgan fingerprint density at radius 1 is 1.40 bits per heavy atom. The third-order valence-corrected chi connectivity index (χ3v) is 2.34. The van der Waals surface area contributed by atoms with Crippen LogP contribution in [0, 0.1) is 0 Å². The lowest BCUT2D eigenvalue weighted by Crippen LogP contribution is -2.20. The first-order chi connectivity index (χ1) is 6.92. The summed E-state index contributed by atoms with van der Waals surface area (Å²) in [7, 11) is 1.67. The zero-order chi connectivity index (χ0) is 9.80. The molecule has 1 aliphatic heterocycles. The first-order valence-electron chi connectivity index (χ1n) is 4.91. The van der Waals surface area contributed by atoms with Gasteiger partial charge in [0.2, 0.25) is 0 Å². The molecule has 15 heavy (non-hydrogen) atoms. The first-order valence-corrected chi connectivity index (χ1v) is 4.91. The average Bonchev–Trinajstić information content (AvgIpc) is 2.18. The van der Waals surface area contributed by atoms with Crippen molar-refractivity contribution >= 4 is 12.4 Å². The Balaban J connectivity index is 0.00000112. The van der Waals surface area contributed by atoms with Crippen LogP contribution in [0.5, 0.6) is 11.5 Å². The minimum absolute atomic E-state index is 0. The molecule has 0 aliphatic carbocycles. The summed E-state index contributed by atoms with van der Waals surface area (Å²) < 4.78 is 10.9. The normalized spacial score (nSPS) is 15.0. The molecule has 0 radical (unpaired) electrons. The van der Waals surface area contributed by atoms with Crippen molar-refractivity contribution < 1.29 is 9.47 Å². The summed E-state index contributed by atoms with van der Waals surface area (Å²) in [6.45, 7) is 2.61. The second-order valence-electron chi connectivity index (χ2n) is 3.33. The van der Waals surface area contributed by atoms with Crippen molar-refractivity contribution in [1.29, 1.82) is 0 Å². The fourth-order valence-corrected chi connectivity index (χ4v) is 1.62. The number of para-hydroxylation sites is 1. The maximum absolute atomic E-state index is 5.69. The predicted octanol–water partition coefficient (Wildman–Crippen LogP) is 1.99. The third-order valence-electron chi connectivity index (χ3n) is 2.34. The van der Waals surface area contributed by atoms with E-state index in [-0.39, 0.29) is 12.4 Å². The Hall–Kier alpha value is -0.930. The highest BCUT2D eigenvalue weighted by molar-refractivity contribution is 5.85. The molecular formula is C11H16ClNO2. The molecule has 0 spiro atoms. The molecule has 3 nitrogen and oxygen atoms in total. The SMILES string of the molecule is COc1cccc2c1OCCCNC2.Cl. The van der Waals surface area contributed by atoms with E-state index in [1.807, 2.05) is 12.1 Å². The Labute approximate surface area is 96.2 Å². The van der Waals surface area contributed by atoms with Crippen molar-refractivity contribution in [3.8, 4) is 11.5 Å². The highest BCUT2D eigenvalue weighted by atomic mass is 35.5. The van der Waals surface area contributed by atoms with Gasteiger partial charge in [-0.15, -0.1) is 12.4 Å². The molecule has 0 amide bonds. The van der Waals surface area contributed by atoms with Gasteiger partial charge in [0.15, 0.2) is 11.5 Å². The van der Waals surface area contributed by atoms with Crippen LogP contribution in [0.2, 0.25) is 0 Å². The van der Waals surface area contributed by atoms with Crippen LogP contribution in [-0.4, -0.2) is 20.3 Å². The molecule has 1 aliphatic rings. The van der Waals surface area contributed by atoms with E-state index >= 15 is 0 Å². The van der Waals surface area contributed by atoms with E-state index in [1.54, 1.807) is 7.11 Å². The summed E-state index contributed by atoms with van der Waals surface area (Å²) in [5, 5.41) is 3.36. The number of nitrogens with one attached hydrogen (secondary N) is 1. The van der Waals surface area contributed by atoms with Crippen LogP contribution >= 0.6 is 12.4 Å². The third kappa shape index (κ3) is 2.76. The largest absolute Gasteiger partial charge is 0.493 e. The van der Waals surface area contributed by atoms with Crippen LogP contribution in [0.3, 0.4) is 0 Å². The Kier molecular flexibility index (Phi) is 4.72. The number of hydrogen-bond acceptors (Lipinski definition) is 3. The summed E-state index contributed by atoms with van der Waals surface area (Å²) in [6.07, 6.45) is 1.04. The van der Waals surface area contributed by atoms with Crippen molar-refractivity contribution in [2.45, 2.75) is 13.0 Å². The lowest BCUT2D eigenvalue weighted by molar-refractivity contribution is 0.276. The van der Waals surface area contributed by atoms with E-state index in [0.717, 1.165) is 37.6 Å². The summed E-state index contributed by atoms with van der Waals surface area (Å²) in [6, 6.07) is 5.99. The second-order valence-corrected chi connectivity index (χ2v) is 3.33. The minimum Gasteiger partial charge on any atom is -0.493 e. The van der Waals surface area contributed by atoms with Gasteiger partial charge < -0.3 is 14.8 Å². The van der Waals surface area contributed by atoms with Crippen molar-refractivity contribution in [2.24, 2.45) is 0 Å². The van der Waals surface area contributed by atoms with Crippen molar-refractivity contribution in [3.63, 3.8) is 0 Å². The van der Waals surface area contributed by atoms with Gasteiger partial charge in [0.1, 0.15) is 0 Å². The lowest BCUT2D eigenvalue weighted by atomic mass is 10.1. The number of hydrogen-bond donors (Lipinski definition) is 1. The molecule has 1 aromatic carbocycles. The fourth-order valence-electron chi connectivity index (χ4n) is 1.62. The van der Waals surface area contributed by atoms with Crippen LogP contribution in [-0.2, 0) is 6.54 Å². The molecule has 0 unspecified atom stereocenters. The maximum atomic E-state index is 5.69. The molecule has 0 aromatic heterocycles. The van der Waals surface area contributed by atoms with Gasteiger partial charge in [-0.25, -0.2) is 0 Å². The number of ether oxygens (including phenoxy) is 2. The molecular weight excluding hydrogens is 214 g/mol. The molecule has 4 heteroatoms. The Morgan fingerprint density at radius 2 is 2.27 bits per heavy atom. The number of fused-ring (bicyclic) bond motifs is 1. The number of halogens is 1. The predicted molar refractivity (Wildman–Crippen MR) is 62.1 cm³/mol.